The van der Waals surface area contributed by atoms with Crippen molar-refractivity contribution in [1.29, 1.82) is 0 Å². The average molecular weight is 390 g/mol. The Balaban J connectivity index is 1.36. The third-order valence-corrected chi connectivity index (χ3v) is 7.26. The van der Waals surface area contributed by atoms with Crippen LogP contribution in [0.4, 0.5) is 0 Å². The molecule has 2 aliphatic carbocycles. The van der Waals surface area contributed by atoms with Gasteiger partial charge in [0.15, 0.2) is 0 Å². The van der Waals surface area contributed by atoms with Gasteiger partial charge in [-0.2, -0.15) is 0 Å². The minimum Gasteiger partial charge on any atom is -0.508 e. The van der Waals surface area contributed by atoms with Gasteiger partial charge in [0.1, 0.15) is 5.75 Å². The topological polar surface area (TPSA) is 51.2 Å². The molecule has 1 saturated carbocycles. The highest BCUT2D eigenvalue weighted by atomic mass is 16.5. The molecule has 5 heteroatoms. The number of methoxy groups -OCH3 is 1. The number of rotatable bonds is 9. The Kier molecular flexibility index (Phi) is 6.56. The molecule has 1 saturated heterocycles. The molecule has 0 spiro atoms. The lowest BCUT2D eigenvalue weighted by molar-refractivity contribution is -0.0304. The summed E-state index contributed by atoms with van der Waals surface area (Å²) in [5.74, 6) is 1.15. The summed E-state index contributed by atoms with van der Waals surface area (Å²) in [6.45, 7) is 5.47. The molecule has 2 fully saturated rings. The quantitative estimate of drug-likeness (QED) is 0.658. The zero-order chi connectivity index (χ0) is 19.4. The fourth-order valence-corrected chi connectivity index (χ4v) is 6.00. The molecular weight excluding hydrogens is 354 g/mol. The SMILES string of the molecule is COCCOCCOCCN1CC[C@]23CCCC[C@H]2[C@H]1Cc1ccc(O)cc13. The molecule has 5 nitrogen and oxygen atoms in total. The number of hydrogen-bond donors (Lipinski definition) is 1. The van der Waals surface area contributed by atoms with Crippen LogP contribution >= 0.6 is 0 Å². The lowest BCUT2D eigenvalue weighted by Crippen LogP contribution is -2.61. The van der Waals surface area contributed by atoms with Crippen molar-refractivity contribution >= 4 is 0 Å². The molecule has 1 heterocycles. The third-order valence-electron chi connectivity index (χ3n) is 7.26. The molecule has 0 unspecified atom stereocenters. The van der Waals surface area contributed by atoms with Crippen LogP contribution in [0.15, 0.2) is 18.2 Å². The first-order valence-electron chi connectivity index (χ1n) is 11.0. The second-order valence-corrected chi connectivity index (χ2v) is 8.62. The van der Waals surface area contributed by atoms with E-state index in [9.17, 15) is 5.11 Å². The Hall–Kier alpha value is -1.14. The van der Waals surface area contributed by atoms with Crippen LogP contribution < -0.4 is 0 Å². The number of phenolic OH excluding ortho intramolecular Hbond substituents is 1. The predicted molar refractivity (Wildman–Crippen MR) is 109 cm³/mol. The van der Waals surface area contributed by atoms with E-state index in [2.05, 4.69) is 17.0 Å². The number of fused-ring (bicyclic) bond motifs is 1. The van der Waals surface area contributed by atoms with Crippen molar-refractivity contribution in [3.63, 3.8) is 0 Å². The van der Waals surface area contributed by atoms with Crippen molar-refractivity contribution in [2.45, 2.75) is 50.0 Å². The van der Waals surface area contributed by atoms with E-state index in [-0.39, 0.29) is 0 Å². The third kappa shape index (κ3) is 3.95. The zero-order valence-electron chi connectivity index (χ0n) is 17.2. The van der Waals surface area contributed by atoms with Crippen molar-refractivity contribution in [3.8, 4) is 5.75 Å². The van der Waals surface area contributed by atoms with E-state index in [1.807, 2.05) is 6.07 Å². The summed E-state index contributed by atoms with van der Waals surface area (Å²) in [6, 6.07) is 6.73. The maximum Gasteiger partial charge on any atom is 0.115 e. The molecule has 4 rings (SSSR count). The van der Waals surface area contributed by atoms with Gasteiger partial charge in [-0.1, -0.05) is 18.9 Å². The summed E-state index contributed by atoms with van der Waals surface area (Å²) in [5.41, 5.74) is 3.21. The molecule has 3 aliphatic rings. The highest BCUT2D eigenvalue weighted by Gasteiger charge is 2.53. The average Bonchev–Trinajstić information content (AvgIpc) is 2.72. The standard InChI is InChI=1S/C23H35NO4/c1-26-12-13-28-15-14-27-11-10-24-9-8-23-7-3-2-4-20(23)22(24)16-18-5-6-19(25)17-21(18)23/h5-6,17,20,22,25H,2-4,7-16H2,1H3/t20-,22+,23+/m0/s1. The van der Waals surface area contributed by atoms with E-state index < -0.39 is 0 Å². The number of aromatic hydroxyl groups is 1. The van der Waals surface area contributed by atoms with E-state index in [4.69, 9.17) is 14.2 Å². The van der Waals surface area contributed by atoms with E-state index in [1.54, 1.807) is 7.11 Å². The number of phenols is 1. The molecular formula is C23H35NO4. The summed E-state index contributed by atoms with van der Waals surface area (Å²) in [5, 5.41) is 10.1. The molecule has 0 aromatic heterocycles. The highest BCUT2D eigenvalue weighted by Crippen LogP contribution is 2.56. The second-order valence-electron chi connectivity index (χ2n) is 8.62. The van der Waals surface area contributed by atoms with Crippen molar-refractivity contribution in [3.05, 3.63) is 29.3 Å². The number of benzene rings is 1. The highest BCUT2D eigenvalue weighted by molar-refractivity contribution is 5.45. The Morgan fingerprint density at radius 1 is 1.07 bits per heavy atom. The Morgan fingerprint density at radius 3 is 2.75 bits per heavy atom. The van der Waals surface area contributed by atoms with Crippen LogP contribution in [0.3, 0.4) is 0 Å². The first-order valence-corrected chi connectivity index (χ1v) is 11.0. The maximum atomic E-state index is 10.1. The lowest BCUT2D eigenvalue weighted by Gasteiger charge is -2.59. The summed E-state index contributed by atoms with van der Waals surface area (Å²) >= 11 is 0. The van der Waals surface area contributed by atoms with Crippen LogP contribution in [-0.2, 0) is 26.0 Å². The fourth-order valence-electron chi connectivity index (χ4n) is 6.00. The van der Waals surface area contributed by atoms with E-state index in [1.165, 1.54) is 43.2 Å². The minimum atomic E-state index is 0.293. The first-order chi connectivity index (χ1) is 13.7. The molecule has 3 atom stereocenters. The van der Waals surface area contributed by atoms with Gasteiger partial charge in [-0.15, -0.1) is 0 Å². The van der Waals surface area contributed by atoms with Gasteiger partial charge in [-0.25, -0.2) is 0 Å². The van der Waals surface area contributed by atoms with E-state index in [0.717, 1.165) is 32.0 Å². The van der Waals surface area contributed by atoms with Gasteiger partial charge in [-0.05, 0) is 61.4 Å². The van der Waals surface area contributed by atoms with E-state index >= 15 is 0 Å². The summed E-state index contributed by atoms with van der Waals surface area (Å²) in [6.07, 6.45) is 7.61. The Bertz CT molecular complexity index is 651. The van der Waals surface area contributed by atoms with Crippen LogP contribution in [0.2, 0.25) is 0 Å². The number of nitrogens with zero attached hydrogens (tertiary/aromatic N) is 1. The van der Waals surface area contributed by atoms with Crippen LogP contribution in [0.25, 0.3) is 0 Å². The maximum absolute atomic E-state index is 10.1. The number of ether oxygens (including phenoxy) is 3. The minimum absolute atomic E-state index is 0.293. The number of likely N-dealkylation sites (tertiary alicyclic amines) is 1. The van der Waals surface area contributed by atoms with Gasteiger partial charge in [0.05, 0.1) is 33.0 Å². The molecule has 156 valence electrons. The Labute approximate surface area is 169 Å². The van der Waals surface area contributed by atoms with Gasteiger partial charge in [-0.3, -0.25) is 4.90 Å². The van der Waals surface area contributed by atoms with Gasteiger partial charge in [0.25, 0.3) is 0 Å². The molecule has 1 aromatic carbocycles. The van der Waals surface area contributed by atoms with Crippen molar-refractivity contribution in [2.24, 2.45) is 5.92 Å². The number of hydrogen-bond acceptors (Lipinski definition) is 5. The van der Waals surface area contributed by atoms with Gasteiger partial charge in [0, 0.05) is 25.1 Å². The van der Waals surface area contributed by atoms with Crippen molar-refractivity contribution < 1.29 is 19.3 Å². The molecule has 0 amide bonds. The van der Waals surface area contributed by atoms with Crippen molar-refractivity contribution in [1.82, 2.24) is 4.90 Å². The first kappa shape index (κ1) is 20.1. The zero-order valence-corrected chi connectivity index (χ0v) is 17.2. The second kappa shape index (κ2) is 9.12. The molecule has 1 aliphatic heterocycles. The molecule has 2 bridgehead atoms. The van der Waals surface area contributed by atoms with Crippen LogP contribution in [0.5, 0.6) is 5.75 Å². The van der Waals surface area contributed by atoms with Crippen LogP contribution in [0.1, 0.15) is 43.2 Å². The normalized spacial score (nSPS) is 29.3. The number of piperidine rings is 1. The van der Waals surface area contributed by atoms with Gasteiger partial charge < -0.3 is 19.3 Å². The van der Waals surface area contributed by atoms with Crippen LogP contribution in [0, 0.1) is 5.92 Å². The monoisotopic (exact) mass is 389 g/mol. The molecule has 1 aromatic rings. The summed E-state index contributed by atoms with van der Waals surface area (Å²) < 4.78 is 16.3. The Morgan fingerprint density at radius 2 is 1.89 bits per heavy atom. The lowest BCUT2D eigenvalue weighted by atomic mass is 9.52. The van der Waals surface area contributed by atoms with Gasteiger partial charge in [0.2, 0.25) is 0 Å². The molecule has 28 heavy (non-hydrogen) atoms. The van der Waals surface area contributed by atoms with E-state index in [0.29, 0.717) is 43.6 Å². The molecule has 1 N–H and O–H groups in total. The largest absolute Gasteiger partial charge is 0.508 e. The van der Waals surface area contributed by atoms with Gasteiger partial charge >= 0.3 is 0 Å². The smallest absolute Gasteiger partial charge is 0.115 e. The van der Waals surface area contributed by atoms with Crippen LogP contribution in [-0.4, -0.2) is 69.3 Å². The summed E-state index contributed by atoms with van der Waals surface area (Å²) in [4.78, 5) is 2.68. The summed E-state index contributed by atoms with van der Waals surface area (Å²) in [7, 11) is 1.69. The van der Waals surface area contributed by atoms with Crippen molar-refractivity contribution in [2.75, 3.05) is 53.2 Å². The fraction of sp³-hybridized carbons (Fsp3) is 0.739. The predicted octanol–water partition coefficient (Wildman–Crippen LogP) is 3.13. The molecule has 0 radical (unpaired) electrons.